The predicted molar refractivity (Wildman–Crippen MR) is 53.4 cm³/mol. The van der Waals surface area contributed by atoms with Crippen molar-refractivity contribution >= 4 is 15.9 Å². The molecule has 0 aromatic heterocycles. The second kappa shape index (κ2) is 10.7. The van der Waals surface area contributed by atoms with Crippen LogP contribution in [-0.2, 0) is 14.2 Å². The van der Waals surface area contributed by atoms with Gasteiger partial charge in [-0.15, -0.1) is 0 Å². The van der Waals surface area contributed by atoms with Gasteiger partial charge in [0.1, 0.15) is 17.8 Å². The van der Waals surface area contributed by atoms with Crippen molar-refractivity contribution < 1.29 is 28.1 Å². The largest absolute Gasteiger partial charge is 0.394 e. The SMILES string of the molecule is FCBr.FCOCC1CO1.OCC1CO1. The molecular formula is C8H15BrF2O4. The summed E-state index contributed by atoms with van der Waals surface area (Å²) in [5.41, 5.74) is -0.438. The fourth-order valence-electron chi connectivity index (χ4n) is 0.514. The van der Waals surface area contributed by atoms with E-state index in [1.165, 1.54) is 0 Å². The van der Waals surface area contributed by atoms with Crippen LogP contribution < -0.4 is 0 Å². The summed E-state index contributed by atoms with van der Waals surface area (Å²) in [6.45, 7) is 1.41. The first-order valence-electron chi connectivity index (χ1n) is 4.38. The Balaban J connectivity index is 0.000000216. The molecule has 0 saturated carbocycles. The lowest BCUT2D eigenvalue weighted by molar-refractivity contribution is 0.0478. The van der Waals surface area contributed by atoms with E-state index in [4.69, 9.17) is 9.84 Å². The van der Waals surface area contributed by atoms with Crippen LogP contribution in [0.25, 0.3) is 0 Å². The van der Waals surface area contributed by atoms with E-state index in [-0.39, 0.29) is 18.8 Å². The van der Waals surface area contributed by atoms with E-state index >= 15 is 0 Å². The van der Waals surface area contributed by atoms with Gasteiger partial charge in [0, 0.05) is 0 Å². The van der Waals surface area contributed by atoms with Crippen molar-refractivity contribution in [1.29, 1.82) is 0 Å². The van der Waals surface area contributed by atoms with Crippen LogP contribution in [0.5, 0.6) is 0 Å². The zero-order chi connectivity index (χ0) is 11.5. The van der Waals surface area contributed by atoms with E-state index in [1.54, 1.807) is 0 Å². The van der Waals surface area contributed by atoms with Gasteiger partial charge < -0.3 is 19.3 Å². The van der Waals surface area contributed by atoms with Crippen molar-refractivity contribution in [3.8, 4) is 0 Å². The third-order valence-corrected chi connectivity index (χ3v) is 1.39. The van der Waals surface area contributed by atoms with Gasteiger partial charge in [-0.2, -0.15) is 0 Å². The van der Waals surface area contributed by atoms with Crippen LogP contribution in [0.2, 0.25) is 0 Å². The summed E-state index contributed by atoms with van der Waals surface area (Å²) in [5, 5.41) is 8.08. The van der Waals surface area contributed by atoms with E-state index in [0.717, 1.165) is 13.2 Å². The molecule has 0 spiro atoms. The quantitative estimate of drug-likeness (QED) is 0.621. The van der Waals surface area contributed by atoms with Gasteiger partial charge in [0.15, 0.2) is 6.86 Å². The molecule has 2 aliphatic rings. The highest BCUT2D eigenvalue weighted by Crippen LogP contribution is 2.07. The lowest BCUT2D eigenvalue weighted by atomic mass is 10.5. The van der Waals surface area contributed by atoms with Crippen LogP contribution in [0.4, 0.5) is 8.78 Å². The Morgan fingerprint density at radius 3 is 1.93 bits per heavy atom. The maximum absolute atomic E-state index is 11.1. The molecule has 92 valence electrons. The first kappa shape index (κ1) is 15.2. The van der Waals surface area contributed by atoms with E-state index in [2.05, 4.69) is 25.4 Å². The summed E-state index contributed by atoms with van der Waals surface area (Å²) in [6.07, 6.45) is 0.380. The van der Waals surface area contributed by atoms with Crippen molar-refractivity contribution in [3.05, 3.63) is 0 Å². The van der Waals surface area contributed by atoms with Crippen LogP contribution in [0, 0.1) is 0 Å². The second-order valence-corrected chi connectivity index (χ2v) is 3.10. The highest BCUT2D eigenvalue weighted by atomic mass is 79.9. The summed E-state index contributed by atoms with van der Waals surface area (Å²) in [6, 6.07) is 0. The summed E-state index contributed by atoms with van der Waals surface area (Å²) < 4.78 is 35.0. The zero-order valence-electron chi connectivity index (χ0n) is 8.20. The van der Waals surface area contributed by atoms with Crippen LogP contribution in [0.1, 0.15) is 0 Å². The van der Waals surface area contributed by atoms with E-state index in [9.17, 15) is 8.78 Å². The van der Waals surface area contributed by atoms with Gasteiger partial charge in [-0.05, 0) is 0 Å². The van der Waals surface area contributed by atoms with Crippen molar-refractivity contribution in [2.75, 3.05) is 38.9 Å². The molecule has 2 aliphatic heterocycles. The zero-order valence-corrected chi connectivity index (χ0v) is 9.79. The van der Waals surface area contributed by atoms with Gasteiger partial charge in [0.2, 0.25) is 0 Å². The van der Waals surface area contributed by atoms with Crippen molar-refractivity contribution in [2.24, 2.45) is 0 Å². The lowest BCUT2D eigenvalue weighted by Crippen LogP contribution is -1.98. The van der Waals surface area contributed by atoms with Gasteiger partial charge >= 0.3 is 0 Å². The summed E-state index contributed by atoms with van der Waals surface area (Å²) in [4.78, 5) is 0. The molecule has 2 saturated heterocycles. The lowest BCUT2D eigenvalue weighted by Gasteiger charge is -1.89. The minimum atomic E-state index is -0.695. The standard InChI is InChI=1S/C4H7FO2.C3H6O2.CH2BrF/c5-3-6-1-4-2-7-4;4-1-3-2-5-3;2-1-3/h4H,1-3H2;3-4H,1-2H2;1H2. The summed E-state index contributed by atoms with van der Waals surface area (Å²) >= 11 is 2.48. The van der Waals surface area contributed by atoms with E-state index in [0.29, 0.717) is 6.61 Å². The topological polar surface area (TPSA) is 54.5 Å². The molecule has 0 radical (unpaired) electrons. The summed E-state index contributed by atoms with van der Waals surface area (Å²) in [7, 11) is 0. The number of hydrogen-bond donors (Lipinski definition) is 1. The molecule has 0 amide bonds. The molecule has 1 N–H and O–H groups in total. The first-order chi connectivity index (χ1) is 7.28. The maximum atomic E-state index is 11.1. The second-order valence-electron chi connectivity index (χ2n) is 2.67. The molecule has 2 atom stereocenters. The molecule has 2 heterocycles. The molecule has 2 unspecified atom stereocenters. The highest BCUT2D eigenvalue weighted by Gasteiger charge is 2.21. The van der Waals surface area contributed by atoms with Gasteiger partial charge in [-0.3, -0.25) is 0 Å². The maximum Gasteiger partial charge on any atom is 0.188 e. The van der Waals surface area contributed by atoms with Crippen LogP contribution >= 0.6 is 15.9 Å². The fourth-order valence-corrected chi connectivity index (χ4v) is 0.514. The number of alkyl halides is 3. The number of aliphatic hydroxyl groups is 1. The minimum Gasteiger partial charge on any atom is -0.394 e. The van der Waals surface area contributed by atoms with E-state index < -0.39 is 12.4 Å². The number of halogens is 3. The number of rotatable bonds is 4. The van der Waals surface area contributed by atoms with Crippen LogP contribution in [0.3, 0.4) is 0 Å². The van der Waals surface area contributed by atoms with E-state index in [1.807, 2.05) is 0 Å². The number of ether oxygens (including phenoxy) is 3. The smallest absolute Gasteiger partial charge is 0.188 e. The molecule has 0 aromatic rings. The molecule has 15 heavy (non-hydrogen) atoms. The Kier molecular flexibility index (Phi) is 10.8. The molecular weight excluding hydrogens is 278 g/mol. The monoisotopic (exact) mass is 292 g/mol. The Bertz CT molecular complexity index is 134. The average molecular weight is 293 g/mol. The normalized spacial score (nSPS) is 25.6. The van der Waals surface area contributed by atoms with Gasteiger partial charge in [-0.1, -0.05) is 15.9 Å². The minimum absolute atomic E-state index is 0.190. The van der Waals surface area contributed by atoms with Crippen LogP contribution in [0.15, 0.2) is 0 Å². The Labute approximate surface area is 95.6 Å². The van der Waals surface area contributed by atoms with Crippen molar-refractivity contribution in [2.45, 2.75) is 12.2 Å². The van der Waals surface area contributed by atoms with Crippen LogP contribution in [-0.4, -0.2) is 56.2 Å². The Morgan fingerprint density at radius 1 is 1.27 bits per heavy atom. The molecule has 0 aromatic carbocycles. The van der Waals surface area contributed by atoms with Gasteiger partial charge in [0.05, 0.1) is 26.4 Å². The third-order valence-electron chi connectivity index (χ3n) is 1.39. The number of hydrogen-bond acceptors (Lipinski definition) is 4. The van der Waals surface area contributed by atoms with Crippen molar-refractivity contribution in [1.82, 2.24) is 0 Å². The molecule has 2 rings (SSSR count). The van der Waals surface area contributed by atoms with Gasteiger partial charge in [-0.25, -0.2) is 8.78 Å². The molecule has 2 fully saturated rings. The molecule has 7 heteroatoms. The summed E-state index contributed by atoms with van der Waals surface area (Å²) in [5.74, 6) is 0. The Hall–Kier alpha value is 0.180. The predicted octanol–water partition coefficient (Wildman–Crippen LogP) is 1.01. The number of epoxide rings is 2. The highest BCUT2D eigenvalue weighted by molar-refractivity contribution is 9.09. The Morgan fingerprint density at radius 2 is 1.73 bits per heavy atom. The average Bonchev–Trinajstić information content (AvgIpc) is 3.09. The number of aliphatic hydroxyl groups excluding tert-OH is 1. The van der Waals surface area contributed by atoms with Gasteiger partial charge in [0.25, 0.3) is 0 Å². The third kappa shape index (κ3) is 14.2. The van der Waals surface area contributed by atoms with Crippen molar-refractivity contribution in [3.63, 3.8) is 0 Å². The molecule has 4 nitrogen and oxygen atoms in total. The first-order valence-corrected chi connectivity index (χ1v) is 5.50. The molecule has 0 aliphatic carbocycles. The fraction of sp³-hybridized carbons (Fsp3) is 1.00. The molecule has 0 bridgehead atoms.